The van der Waals surface area contributed by atoms with Gasteiger partial charge in [-0.1, -0.05) is 11.6 Å². The molecule has 0 radical (unpaired) electrons. The molecule has 0 saturated heterocycles. The average molecular weight is 342 g/mol. The summed E-state index contributed by atoms with van der Waals surface area (Å²) in [6.07, 6.45) is 0. The number of hydrogen-bond acceptors (Lipinski definition) is 3. The number of nitrogens with two attached hydrogens (primary N) is 1. The van der Waals surface area contributed by atoms with Gasteiger partial charge in [0.1, 0.15) is 0 Å². The standard InChI is InChI=1S/C13H10BrClN2O2/c14-9-6-8(15)2-4-11(9)17-12-3-1-7(13(18)19)5-10(12)16/h1-6,17H,16H2,(H,18,19). The number of benzene rings is 2. The Hall–Kier alpha value is -1.72. The van der Waals surface area contributed by atoms with Crippen LogP contribution < -0.4 is 11.1 Å². The molecule has 19 heavy (non-hydrogen) atoms. The quantitative estimate of drug-likeness (QED) is 0.734. The molecule has 2 aromatic rings. The predicted molar refractivity (Wildman–Crippen MR) is 80.2 cm³/mol. The molecule has 0 bridgehead atoms. The third-order valence-corrected chi connectivity index (χ3v) is 3.39. The van der Waals surface area contributed by atoms with Crippen LogP contribution >= 0.6 is 27.5 Å². The van der Waals surface area contributed by atoms with Crippen molar-refractivity contribution >= 4 is 50.6 Å². The van der Waals surface area contributed by atoms with Crippen LogP contribution in [0.15, 0.2) is 40.9 Å². The SMILES string of the molecule is Nc1cc(C(=O)O)ccc1Nc1ccc(Cl)cc1Br. The van der Waals surface area contributed by atoms with Crippen LogP contribution in [0.4, 0.5) is 17.1 Å². The first kappa shape index (κ1) is 13.7. The van der Waals surface area contributed by atoms with E-state index < -0.39 is 5.97 Å². The molecule has 4 N–H and O–H groups in total. The maximum atomic E-state index is 10.8. The van der Waals surface area contributed by atoms with Gasteiger partial charge in [-0.25, -0.2) is 4.79 Å². The van der Waals surface area contributed by atoms with Gasteiger partial charge in [-0.15, -0.1) is 0 Å². The van der Waals surface area contributed by atoms with E-state index in [4.69, 9.17) is 22.4 Å². The Labute approximate surface area is 123 Å². The zero-order valence-corrected chi connectivity index (χ0v) is 12.0. The number of anilines is 3. The molecule has 2 rings (SSSR count). The summed E-state index contributed by atoms with van der Waals surface area (Å²) in [7, 11) is 0. The van der Waals surface area contributed by atoms with E-state index in [0.717, 1.165) is 10.2 Å². The normalized spacial score (nSPS) is 10.2. The molecular formula is C13H10BrClN2O2. The Kier molecular flexibility index (Phi) is 3.97. The fourth-order valence-electron chi connectivity index (χ4n) is 1.55. The Bertz CT molecular complexity index is 647. The number of nitrogen functional groups attached to an aromatic ring is 1. The molecule has 6 heteroatoms. The molecule has 0 unspecified atom stereocenters. The maximum Gasteiger partial charge on any atom is 0.335 e. The van der Waals surface area contributed by atoms with E-state index in [-0.39, 0.29) is 5.56 Å². The van der Waals surface area contributed by atoms with Gasteiger partial charge in [0.25, 0.3) is 0 Å². The third-order valence-electron chi connectivity index (χ3n) is 2.50. The number of nitrogens with one attached hydrogen (secondary N) is 1. The van der Waals surface area contributed by atoms with Crippen LogP contribution in [0.25, 0.3) is 0 Å². The molecule has 2 aromatic carbocycles. The summed E-state index contributed by atoms with van der Waals surface area (Å²) >= 11 is 9.24. The van der Waals surface area contributed by atoms with Gasteiger partial charge in [-0.3, -0.25) is 0 Å². The molecule has 0 aromatic heterocycles. The van der Waals surface area contributed by atoms with E-state index in [2.05, 4.69) is 21.2 Å². The van der Waals surface area contributed by atoms with Gasteiger partial charge in [-0.05, 0) is 52.3 Å². The number of rotatable bonds is 3. The summed E-state index contributed by atoms with van der Waals surface area (Å²) in [6, 6.07) is 9.83. The molecule has 0 fully saturated rings. The predicted octanol–water partition coefficient (Wildman–Crippen LogP) is 4.13. The fourth-order valence-corrected chi connectivity index (χ4v) is 2.33. The Balaban J connectivity index is 2.31. The van der Waals surface area contributed by atoms with E-state index in [0.29, 0.717) is 16.4 Å². The van der Waals surface area contributed by atoms with Crippen molar-refractivity contribution in [1.82, 2.24) is 0 Å². The fraction of sp³-hybridized carbons (Fsp3) is 0. The molecule has 0 heterocycles. The van der Waals surface area contributed by atoms with Crippen LogP contribution in [0.3, 0.4) is 0 Å². The van der Waals surface area contributed by atoms with Gasteiger partial charge < -0.3 is 16.2 Å². The number of aromatic carboxylic acids is 1. The van der Waals surface area contributed by atoms with Crippen molar-refractivity contribution in [3.05, 3.63) is 51.5 Å². The molecule has 0 aliphatic rings. The van der Waals surface area contributed by atoms with Crippen LogP contribution in [-0.2, 0) is 0 Å². The highest BCUT2D eigenvalue weighted by Gasteiger charge is 2.08. The monoisotopic (exact) mass is 340 g/mol. The second-order valence-electron chi connectivity index (χ2n) is 3.86. The molecule has 0 aliphatic heterocycles. The minimum Gasteiger partial charge on any atom is -0.478 e. The van der Waals surface area contributed by atoms with Crippen molar-refractivity contribution in [2.24, 2.45) is 0 Å². The molecule has 0 spiro atoms. The first-order chi connectivity index (χ1) is 8.97. The van der Waals surface area contributed by atoms with Crippen LogP contribution in [0.2, 0.25) is 5.02 Å². The summed E-state index contributed by atoms with van der Waals surface area (Å²) in [5, 5.41) is 12.6. The highest BCUT2D eigenvalue weighted by molar-refractivity contribution is 9.10. The van der Waals surface area contributed by atoms with Crippen molar-refractivity contribution in [2.45, 2.75) is 0 Å². The highest BCUT2D eigenvalue weighted by Crippen LogP contribution is 2.31. The summed E-state index contributed by atoms with van der Waals surface area (Å²) in [5.41, 5.74) is 7.76. The summed E-state index contributed by atoms with van der Waals surface area (Å²) in [4.78, 5) is 10.8. The van der Waals surface area contributed by atoms with Crippen molar-refractivity contribution in [3.63, 3.8) is 0 Å². The molecule has 0 saturated carbocycles. The zero-order valence-electron chi connectivity index (χ0n) is 9.65. The van der Waals surface area contributed by atoms with E-state index in [1.165, 1.54) is 12.1 Å². The van der Waals surface area contributed by atoms with Crippen LogP contribution in [0.5, 0.6) is 0 Å². The first-order valence-electron chi connectivity index (χ1n) is 5.32. The lowest BCUT2D eigenvalue weighted by Gasteiger charge is -2.11. The number of carboxylic acid groups (broad SMARTS) is 1. The molecule has 0 amide bonds. The molecular weight excluding hydrogens is 332 g/mol. The van der Waals surface area contributed by atoms with Crippen molar-refractivity contribution < 1.29 is 9.90 Å². The lowest BCUT2D eigenvalue weighted by molar-refractivity contribution is 0.0697. The van der Waals surface area contributed by atoms with Gasteiger partial charge in [0, 0.05) is 9.50 Å². The molecule has 4 nitrogen and oxygen atoms in total. The lowest BCUT2D eigenvalue weighted by atomic mass is 10.1. The minimum atomic E-state index is -1.01. The van der Waals surface area contributed by atoms with Gasteiger partial charge in [0.15, 0.2) is 0 Å². The zero-order chi connectivity index (χ0) is 14.0. The van der Waals surface area contributed by atoms with E-state index in [9.17, 15) is 4.79 Å². The first-order valence-corrected chi connectivity index (χ1v) is 6.49. The summed E-state index contributed by atoms with van der Waals surface area (Å²) in [6.45, 7) is 0. The van der Waals surface area contributed by atoms with E-state index in [1.807, 2.05) is 0 Å². The van der Waals surface area contributed by atoms with Gasteiger partial charge >= 0.3 is 5.97 Å². The summed E-state index contributed by atoms with van der Waals surface area (Å²) in [5.74, 6) is -1.01. The second kappa shape index (κ2) is 5.50. The highest BCUT2D eigenvalue weighted by atomic mass is 79.9. The lowest BCUT2D eigenvalue weighted by Crippen LogP contribution is -2.01. The summed E-state index contributed by atoms with van der Waals surface area (Å²) < 4.78 is 0.793. The van der Waals surface area contributed by atoms with E-state index >= 15 is 0 Å². The number of halogens is 2. The van der Waals surface area contributed by atoms with Gasteiger partial charge in [0.2, 0.25) is 0 Å². The van der Waals surface area contributed by atoms with Crippen molar-refractivity contribution in [1.29, 1.82) is 0 Å². The number of hydrogen-bond donors (Lipinski definition) is 3. The number of carbonyl (C=O) groups is 1. The molecule has 0 atom stereocenters. The minimum absolute atomic E-state index is 0.151. The Morgan fingerprint density at radius 2 is 1.89 bits per heavy atom. The topological polar surface area (TPSA) is 75.4 Å². The second-order valence-corrected chi connectivity index (χ2v) is 5.15. The number of carboxylic acids is 1. The van der Waals surface area contributed by atoms with Crippen LogP contribution in [0, 0.1) is 0 Å². The third kappa shape index (κ3) is 3.19. The maximum absolute atomic E-state index is 10.8. The van der Waals surface area contributed by atoms with E-state index in [1.54, 1.807) is 24.3 Å². The van der Waals surface area contributed by atoms with Gasteiger partial charge in [-0.2, -0.15) is 0 Å². The Morgan fingerprint density at radius 3 is 2.47 bits per heavy atom. The van der Waals surface area contributed by atoms with Gasteiger partial charge in [0.05, 0.1) is 22.6 Å². The molecule has 0 aliphatic carbocycles. The van der Waals surface area contributed by atoms with Crippen molar-refractivity contribution in [3.8, 4) is 0 Å². The van der Waals surface area contributed by atoms with Crippen LogP contribution in [0.1, 0.15) is 10.4 Å². The molecule has 98 valence electrons. The van der Waals surface area contributed by atoms with Crippen LogP contribution in [-0.4, -0.2) is 11.1 Å². The van der Waals surface area contributed by atoms with Crippen molar-refractivity contribution in [2.75, 3.05) is 11.1 Å². The Morgan fingerprint density at radius 1 is 1.21 bits per heavy atom. The smallest absolute Gasteiger partial charge is 0.335 e. The largest absolute Gasteiger partial charge is 0.478 e. The average Bonchev–Trinajstić information content (AvgIpc) is 2.34.